The van der Waals surface area contributed by atoms with Crippen LogP contribution in [0.15, 0.2) is 65.7 Å². The first-order valence-corrected chi connectivity index (χ1v) is 11.9. The summed E-state index contributed by atoms with van der Waals surface area (Å²) in [7, 11) is -3.82. The van der Waals surface area contributed by atoms with Crippen molar-refractivity contribution in [2.75, 3.05) is 28.6 Å². The van der Waals surface area contributed by atoms with Crippen molar-refractivity contribution in [1.82, 2.24) is 4.98 Å². The summed E-state index contributed by atoms with van der Waals surface area (Å²) in [5.74, 6) is 1.01. The molecule has 0 aliphatic carbocycles. The predicted octanol–water partition coefficient (Wildman–Crippen LogP) is 3.75. The molecule has 3 aromatic rings. The Morgan fingerprint density at radius 2 is 1.70 bits per heavy atom. The minimum Gasteiger partial charge on any atom is -0.486 e. The second-order valence-corrected chi connectivity index (χ2v) is 9.32. The number of sulfonamides is 1. The summed E-state index contributed by atoms with van der Waals surface area (Å²) >= 11 is 5.79. The lowest BCUT2D eigenvalue weighted by atomic mass is 10.2. The Morgan fingerprint density at radius 1 is 1.00 bits per heavy atom. The third kappa shape index (κ3) is 5.65. The van der Waals surface area contributed by atoms with Gasteiger partial charge in [-0.15, -0.1) is 0 Å². The van der Waals surface area contributed by atoms with Gasteiger partial charge in [-0.3, -0.25) is 9.52 Å². The maximum absolute atomic E-state index is 12.7. The molecule has 1 amide bonds. The van der Waals surface area contributed by atoms with Gasteiger partial charge in [-0.2, -0.15) is 0 Å². The molecule has 172 valence electrons. The second kappa shape index (κ2) is 9.55. The van der Waals surface area contributed by atoms with E-state index in [0.717, 1.165) is 0 Å². The van der Waals surface area contributed by atoms with E-state index in [0.29, 0.717) is 46.9 Å². The molecule has 2 aromatic carbocycles. The van der Waals surface area contributed by atoms with Crippen LogP contribution in [0.25, 0.3) is 0 Å². The quantitative estimate of drug-likeness (QED) is 0.463. The Morgan fingerprint density at radius 3 is 2.39 bits per heavy atom. The number of halogens is 1. The normalized spacial score (nSPS) is 13.6. The molecule has 0 saturated heterocycles. The minimum absolute atomic E-state index is 0.0649. The molecule has 0 spiro atoms. The van der Waals surface area contributed by atoms with E-state index < -0.39 is 16.1 Å². The van der Waals surface area contributed by atoms with Gasteiger partial charge < -0.3 is 20.1 Å². The van der Waals surface area contributed by atoms with Crippen LogP contribution in [0.3, 0.4) is 0 Å². The van der Waals surface area contributed by atoms with Crippen molar-refractivity contribution in [1.29, 1.82) is 0 Å². The minimum atomic E-state index is -3.82. The molecule has 0 bridgehead atoms. The third-order valence-corrected chi connectivity index (χ3v) is 6.32. The number of fused-ring (bicyclic) bond motifs is 1. The Bertz CT molecular complexity index is 1250. The highest BCUT2D eigenvalue weighted by Crippen LogP contribution is 2.32. The van der Waals surface area contributed by atoms with Crippen LogP contribution >= 0.6 is 11.6 Å². The number of benzene rings is 2. The fourth-order valence-electron chi connectivity index (χ4n) is 3.04. The molecule has 0 fully saturated rings. The van der Waals surface area contributed by atoms with E-state index in [2.05, 4.69) is 20.3 Å². The molecular formula is C22H21ClN4O5S. The number of nitrogens with one attached hydrogen (secondary N) is 3. The summed E-state index contributed by atoms with van der Waals surface area (Å²) in [5, 5.41) is 6.22. The van der Waals surface area contributed by atoms with Crippen LogP contribution in [0.5, 0.6) is 11.5 Å². The Hall–Kier alpha value is -3.50. The van der Waals surface area contributed by atoms with Crippen molar-refractivity contribution in [2.24, 2.45) is 0 Å². The van der Waals surface area contributed by atoms with E-state index in [-0.39, 0.29) is 10.8 Å². The van der Waals surface area contributed by atoms with Crippen LogP contribution < -0.4 is 24.8 Å². The Balaban J connectivity index is 1.37. The first-order chi connectivity index (χ1) is 15.8. The average molecular weight is 489 g/mol. The number of amides is 1. The van der Waals surface area contributed by atoms with Crippen LogP contribution in [-0.4, -0.2) is 38.6 Å². The van der Waals surface area contributed by atoms with E-state index in [1.807, 2.05) is 0 Å². The number of carbonyl (C=O) groups is 1. The number of hydrogen-bond acceptors (Lipinski definition) is 7. The molecule has 1 aliphatic rings. The highest BCUT2D eigenvalue weighted by Gasteiger charge is 2.20. The van der Waals surface area contributed by atoms with Crippen LogP contribution in [0.2, 0.25) is 5.02 Å². The van der Waals surface area contributed by atoms with E-state index >= 15 is 0 Å². The lowest BCUT2D eigenvalue weighted by Gasteiger charge is -2.19. The summed E-state index contributed by atoms with van der Waals surface area (Å²) < 4.78 is 38.9. The molecule has 1 atom stereocenters. The van der Waals surface area contributed by atoms with Crippen molar-refractivity contribution >= 4 is 44.7 Å². The lowest BCUT2D eigenvalue weighted by molar-refractivity contribution is -0.116. The number of carbonyl (C=O) groups excluding carboxylic acids is 1. The van der Waals surface area contributed by atoms with Gasteiger partial charge in [0.2, 0.25) is 5.91 Å². The number of rotatable bonds is 7. The second-order valence-electron chi connectivity index (χ2n) is 7.21. The molecule has 2 heterocycles. The van der Waals surface area contributed by atoms with Gasteiger partial charge in [0.25, 0.3) is 10.0 Å². The molecule has 9 nitrogen and oxygen atoms in total. The summed E-state index contributed by atoms with van der Waals surface area (Å²) in [5.41, 5.74) is 1.02. The van der Waals surface area contributed by atoms with Crippen molar-refractivity contribution in [3.63, 3.8) is 0 Å². The number of pyridine rings is 1. The van der Waals surface area contributed by atoms with Gasteiger partial charge in [0.05, 0.1) is 9.92 Å². The summed E-state index contributed by atoms with van der Waals surface area (Å²) in [6.45, 7) is 2.49. The van der Waals surface area contributed by atoms with Gasteiger partial charge in [-0.25, -0.2) is 13.4 Å². The summed E-state index contributed by atoms with van der Waals surface area (Å²) in [6.07, 6.45) is 1.44. The number of aromatic nitrogens is 1. The number of ether oxygens (including phenoxy) is 2. The van der Waals surface area contributed by atoms with Crippen LogP contribution in [0.4, 0.5) is 17.2 Å². The number of nitrogens with zero attached hydrogens (tertiary/aromatic N) is 1. The molecule has 11 heteroatoms. The smallest absolute Gasteiger partial charge is 0.262 e. The Labute approximate surface area is 196 Å². The summed E-state index contributed by atoms with van der Waals surface area (Å²) in [4.78, 5) is 16.5. The molecule has 1 aliphatic heterocycles. The number of hydrogen-bond donors (Lipinski definition) is 3. The first-order valence-electron chi connectivity index (χ1n) is 10.0. The molecule has 0 radical (unpaired) electrons. The topological polar surface area (TPSA) is 119 Å². The molecule has 1 aromatic heterocycles. The van der Waals surface area contributed by atoms with E-state index in [1.165, 1.54) is 18.3 Å². The molecule has 4 rings (SSSR count). The van der Waals surface area contributed by atoms with Crippen molar-refractivity contribution in [3.05, 3.63) is 65.8 Å². The van der Waals surface area contributed by atoms with Gasteiger partial charge in [0, 0.05) is 23.6 Å². The zero-order chi connectivity index (χ0) is 23.4. The van der Waals surface area contributed by atoms with Crippen LogP contribution in [0.1, 0.15) is 6.92 Å². The molecular weight excluding hydrogens is 468 g/mol. The van der Waals surface area contributed by atoms with Gasteiger partial charge in [0.1, 0.15) is 25.1 Å². The van der Waals surface area contributed by atoms with Gasteiger partial charge in [-0.1, -0.05) is 11.6 Å². The highest BCUT2D eigenvalue weighted by molar-refractivity contribution is 7.92. The third-order valence-electron chi connectivity index (χ3n) is 4.72. The molecule has 0 unspecified atom stereocenters. The van der Waals surface area contributed by atoms with Gasteiger partial charge in [-0.05, 0) is 55.5 Å². The summed E-state index contributed by atoms with van der Waals surface area (Å²) in [6, 6.07) is 13.7. The molecule has 3 N–H and O–H groups in total. The van der Waals surface area contributed by atoms with Crippen molar-refractivity contribution in [3.8, 4) is 11.5 Å². The Kier molecular flexibility index (Phi) is 6.57. The van der Waals surface area contributed by atoms with Crippen molar-refractivity contribution in [2.45, 2.75) is 17.9 Å². The van der Waals surface area contributed by atoms with E-state index in [9.17, 15) is 13.2 Å². The SMILES string of the molecule is C[C@H](Nc1ccc(NS(=O)(=O)c2ccc3c(c2)OCCO3)cc1)C(=O)Nc1ccc(Cl)cn1. The van der Waals surface area contributed by atoms with E-state index in [1.54, 1.807) is 49.4 Å². The zero-order valence-electron chi connectivity index (χ0n) is 17.5. The average Bonchev–Trinajstić information content (AvgIpc) is 2.81. The monoisotopic (exact) mass is 488 g/mol. The largest absolute Gasteiger partial charge is 0.486 e. The zero-order valence-corrected chi connectivity index (χ0v) is 19.1. The number of anilines is 3. The highest BCUT2D eigenvalue weighted by atomic mass is 35.5. The van der Waals surface area contributed by atoms with E-state index in [4.69, 9.17) is 21.1 Å². The maximum atomic E-state index is 12.7. The fraction of sp³-hybridized carbons (Fsp3) is 0.182. The van der Waals surface area contributed by atoms with Gasteiger partial charge in [0.15, 0.2) is 11.5 Å². The first kappa shape index (κ1) is 22.7. The van der Waals surface area contributed by atoms with Crippen molar-refractivity contribution < 1.29 is 22.7 Å². The maximum Gasteiger partial charge on any atom is 0.262 e. The lowest BCUT2D eigenvalue weighted by Crippen LogP contribution is -2.32. The predicted molar refractivity (Wildman–Crippen MR) is 126 cm³/mol. The van der Waals surface area contributed by atoms with Crippen LogP contribution in [0, 0.1) is 0 Å². The fourth-order valence-corrected chi connectivity index (χ4v) is 4.22. The van der Waals surface area contributed by atoms with Crippen LogP contribution in [-0.2, 0) is 14.8 Å². The standard InChI is InChI=1S/C22H21ClN4O5S/c1-14(22(28)26-21-9-2-15(23)13-24-21)25-16-3-5-17(6-4-16)27-33(29,30)18-7-8-19-20(12-18)32-11-10-31-19/h2-9,12-14,25,27H,10-11H2,1H3,(H,24,26,28)/t14-/m0/s1. The molecule has 33 heavy (non-hydrogen) atoms. The van der Waals surface area contributed by atoms with Gasteiger partial charge >= 0.3 is 0 Å². The molecule has 0 saturated carbocycles.